The van der Waals surface area contributed by atoms with Gasteiger partial charge in [0.25, 0.3) is 11.8 Å². The lowest BCUT2D eigenvalue weighted by molar-refractivity contribution is -0.123. The first-order valence-corrected chi connectivity index (χ1v) is 10.3. The van der Waals surface area contributed by atoms with E-state index in [1.54, 1.807) is 36.4 Å². The minimum Gasteiger partial charge on any atom is -0.494 e. The maximum atomic E-state index is 12.2. The van der Waals surface area contributed by atoms with Crippen molar-refractivity contribution in [3.8, 4) is 11.5 Å². The number of rotatable bonds is 8. The fraction of sp³-hybridized carbons (Fsp3) is 0.300. The van der Waals surface area contributed by atoms with Gasteiger partial charge in [0.05, 0.1) is 11.1 Å². The van der Waals surface area contributed by atoms with E-state index in [4.69, 9.17) is 9.47 Å². The summed E-state index contributed by atoms with van der Waals surface area (Å²) in [5.41, 5.74) is 5.09. The Labute approximate surface area is 181 Å². The fourth-order valence-corrected chi connectivity index (χ4v) is 3.27. The third kappa shape index (κ3) is 7.52. The van der Waals surface area contributed by atoms with E-state index in [9.17, 15) is 9.59 Å². The number of halogens is 2. The molecule has 6 nitrogen and oxygen atoms in total. The van der Waals surface area contributed by atoms with Gasteiger partial charge in [0.1, 0.15) is 11.5 Å². The van der Waals surface area contributed by atoms with Gasteiger partial charge in [0.2, 0.25) is 0 Å². The number of hydrazine groups is 1. The molecule has 2 aromatic rings. The molecule has 0 saturated heterocycles. The summed E-state index contributed by atoms with van der Waals surface area (Å²) in [6.45, 7) is 4.59. The van der Waals surface area contributed by atoms with Crippen LogP contribution in [0.5, 0.6) is 11.5 Å². The molecule has 0 heterocycles. The Morgan fingerprint density at radius 3 is 2.54 bits per heavy atom. The average molecular weight is 514 g/mol. The summed E-state index contributed by atoms with van der Waals surface area (Å²) in [5, 5.41) is 0. The largest absolute Gasteiger partial charge is 0.494 e. The van der Waals surface area contributed by atoms with Gasteiger partial charge in [-0.15, -0.1) is 0 Å². The molecule has 0 aliphatic heterocycles. The van der Waals surface area contributed by atoms with Gasteiger partial charge in [-0.05, 0) is 64.7 Å². The van der Waals surface area contributed by atoms with Crippen LogP contribution in [-0.2, 0) is 4.79 Å². The summed E-state index contributed by atoms with van der Waals surface area (Å²) in [5.74, 6) is 0.765. The van der Waals surface area contributed by atoms with Gasteiger partial charge in [0.15, 0.2) is 6.61 Å². The Morgan fingerprint density at radius 1 is 1.04 bits per heavy atom. The predicted octanol–water partition coefficient (Wildman–Crippen LogP) is 4.48. The van der Waals surface area contributed by atoms with Crippen molar-refractivity contribution in [3.63, 3.8) is 0 Å². The molecule has 0 bridgehead atoms. The van der Waals surface area contributed by atoms with Gasteiger partial charge in [-0.3, -0.25) is 20.4 Å². The van der Waals surface area contributed by atoms with Crippen molar-refractivity contribution in [1.29, 1.82) is 0 Å². The van der Waals surface area contributed by atoms with E-state index in [-0.39, 0.29) is 6.61 Å². The molecular weight excluding hydrogens is 492 g/mol. The predicted molar refractivity (Wildman–Crippen MR) is 114 cm³/mol. The van der Waals surface area contributed by atoms with Gasteiger partial charge < -0.3 is 9.47 Å². The van der Waals surface area contributed by atoms with Gasteiger partial charge in [-0.25, -0.2) is 0 Å². The van der Waals surface area contributed by atoms with Crippen molar-refractivity contribution < 1.29 is 19.1 Å². The molecular formula is C20H22Br2N2O4. The summed E-state index contributed by atoms with van der Waals surface area (Å²) >= 11 is 6.70. The molecule has 0 unspecified atom stereocenters. The molecule has 150 valence electrons. The number of hydrogen-bond donors (Lipinski definition) is 2. The molecule has 0 aromatic heterocycles. The Bertz CT molecular complexity index is 828. The van der Waals surface area contributed by atoms with E-state index >= 15 is 0 Å². The number of carbonyl (C=O) groups is 2. The van der Waals surface area contributed by atoms with E-state index in [2.05, 4.69) is 56.6 Å². The van der Waals surface area contributed by atoms with Crippen molar-refractivity contribution in [3.05, 3.63) is 57.0 Å². The monoisotopic (exact) mass is 512 g/mol. The van der Waals surface area contributed by atoms with E-state index in [1.807, 2.05) is 6.07 Å². The van der Waals surface area contributed by atoms with Crippen LogP contribution in [0.4, 0.5) is 0 Å². The molecule has 2 amide bonds. The highest BCUT2D eigenvalue weighted by Crippen LogP contribution is 2.28. The van der Waals surface area contributed by atoms with E-state index in [0.29, 0.717) is 34.1 Å². The summed E-state index contributed by atoms with van der Waals surface area (Å²) in [4.78, 5) is 24.1. The van der Waals surface area contributed by atoms with Crippen LogP contribution in [0.25, 0.3) is 0 Å². The lowest BCUT2D eigenvalue weighted by atomic mass is 10.1. The van der Waals surface area contributed by atoms with E-state index < -0.39 is 11.8 Å². The quantitative estimate of drug-likeness (QED) is 0.510. The Kier molecular flexibility index (Phi) is 8.79. The third-order valence-corrected chi connectivity index (χ3v) is 4.74. The summed E-state index contributed by atoms with van der Waals surface area (Å²) < 4.78 is 12.7. The SMILES string of the molecule is CC(C)CCOc1cccc(C(=O)NNC(=O)COc2ccc(Br)cc2Br)c1. The number of ether oxygens (including phenoxy) is 2. The first-order chi connectivity index (χ1) is 13.3. The van der Waals surface area contributed by atoms with Gasteiger partial charge >= 0.3 is 0 Å². The highest BCUT2D eigenvalue weighted by Gasteiger charge is 2.10. The molecule has 28 heavy (non-hydrogen) atoms. The second-order valence-electron chi connectivity index (χ2n) is 6.42. The molecule has 2 rings (SSSR count). The van der Waals surface area contributed by atoms with E-state index in [0.717, 1.165) is 10.9 Å². The topological polar surface area (TPSA) is 76.7 Å². The third-order valence-electron chi connectivity index (χ3n) is 3.63. The fourth-order valence-electron chi connectivity index (χ4n) is 2.11. The molecule has 8 heteroatoms. The maximum absolute atomic E-state index is 12.2. The van der Waals surface area contributed by atoms with Crippen molar-refractivity contribution in [2.45, 2.75) is 20.3 Å². The lowest BCUT2D eigenvalue weighted by Gasteiger charge is -2.11. The Morgan fingerprint density at radius 2 is 1.82 bits per heavy atom. The van der Waals surface area contributed by atoms with Crippen LogP contribution >= 0.6 is 31.9 Å². The second kappa shape index (κ2) is 11.1. The van der Waals surface area contributed by atoms with Crippen LogP contribution in [0.15, 0.2) is 51.4 Å². The van der Waals surface area contributed by atoms with Crippen LogP contribution in [0, 0.1) is 5.92 Å². The Balaban J connectivity index is 1.80. The zero-order valence-corrected chi connectivity index (χ0v) is 18.8. The molecule has 0 spiro atoms. The normalized spacial score (nSPS) is 10.5. The molecule has 2 N–H and O–H groups in total. The number of hydrogen-bond acceptors (Lipinski definition) is 4. The summed E-state index contributed by atoms with van der Waals surface area (Å²) in [6.07, 6.45) is 0.932. The van der Waals surface area contributed by atoms with Crippen LogP contribution in [0.2, 0.25) is 0 Å². The zero-order chi connectivity index (χ0) is 20.5. The Hall–Kier alpha value is -2.06. The summed E-state index contributed by atoms with van der Waals surface area (Å²) in [7, 11) is 0. The van der Waals surface area contributed by atoms with Crippen molar-refractivity contribution in [2.24, 2.45) is 5.92 Å². The van der Waals surface area contributed by atoms with Crippen molar-refractivity contribution in [2.75, 3.05) is 13.2 Å². The van der Waals surface area contributed by atoms with Crippen LogP contribution in [0.3, 0.4) is 0 Å². The zero-order valence-electron chi connectivity index (χ0n) is 15.6. The molecule has 0 aliphatic rings. The molecule has 0 saturated carbocycles. The highest BCUT2D eigenvalue weighted by molar-refractivity contribution is 9.11. The maximum Gasteiger partial charge on any atom is 0.276 e. The minimum atomic E-state index is -0.479. The highest BCUT2D eigenvalue weighted by atomic mass is 79.9. The van der Waals surface area contributed by atoms with Crippen molar-refractivity contribution in [1.82, 2.24) is 10.9 Å². The molecule has 0 aliphatic carbocycles. The number of nitrogens with one attached hydrogen (secondary N) is 2. The van der Waals surface area contributed by atoms with E-state index in [1.165, 1.54) is 0 Å². The smallest absolute Gasteiger partial charge is 0.276 e. The van der Waals surface area contributed by atoms with Gasteiger partial charge in [0, 0.05) is 10.0 Å². The molecule has 0 atom stereocenters. The minimum absolute atomic E-state index is 0.237. The molecule has 0 radical (unpaired) electrons. The number of carbonyl (C=O) groups excluding carboxylic acids is 2. The number of amides is 2. The molecule has 2 aromatic carbocycles. The molecule has 0 fully saturated rings. The van der Waals surface area contributed by atoms with Crippen LogP contribution < -0.4 is 20.3 Å². The standard InChI is InChI=1S/C20H22Br2N2O4/c1-13(2)8-9-27-16-5-3-4-14(10-16)20(26)24-23-19(25)12-28-18-7-6-15(21)11-17(18)22/h3-7,10-11,13H,8-9,12H2,1-2H3,(H,23,25)(H,24,26). The second-order valence-corrected chi connectivity index (χ2v) is 8.19. The van der Waals surface area contributed by atoms with Crippen LogP contribution in [0.1, 0.15) is 30.6 Å². The van der Waals surface area contributed by atoms with Crippen LogP contribution in [-0.4, -0.2) is 25.0 Å². The first kappa shape index (κ1) is 22.2. The van der Waals surface area contributed by atoms with Gasteiger partial charge in [-0.2, -0.15) is 0 Å². The summed E-state index contributed by atoms with van der Waals surface area (Å²) in [6, 6.07) is 12.1. The lowest BCUT2D eigenvalue weighted by Crippen LogP contribution is -2.43. The first-order valence-electron chi connectivity index (χ1n) is 8.75. The number of benzene rings is 2. The van der Waals surface area contributed by atoms with Gasteiger partial charge in [-0.1, -0.05) is 35.8 Å². The average Bonchev–Trinajstić information content (AvgIpc) is 2.65. The van der Waals surface area contributed by atoms with Crippen molar-refractivity contribution >= 4 is 43.7 Å².